The van der Waals surface area contributed by atoms with E-state index in [4.69, 9.17) is 18.9 Å². The van der Waals surface area contributed by atoms with Crippen molar-refractivity contribution >= 4 is 29.9 Å². The van der Waals surface area contributed by atoms with Gasteiger partial charge in [-0.3, -0.25) is 4.99 Å². The summed E-state index contributed by atoms with van der Waals surface area (Å²) in [6, 6.07) is 5.53. The van der Waals surface area contributed by atoms with Gasteiger partial charge in [0.1, 0.15) is 12.4 Å². The average Bonchev–Trinajstić information content (AvgIpc) is 2.97. The van der Waals surface area contributed by atoms with Crippen molar-refractivity contribution in [3.05, 3.63) is 18.2 Å². The van der Waals surface area contributed by atoms with Crippen LogP contribution in [0.3, 0.4) is 0 Å². The van der Waals surface area contributed by atoms with Crippen molar-refractivity contribution < 1.29 is 18.9 Å². The van der Waals surface area contributed by atoms with Crippen molar-refractivity contribution in [1.29, 1.82) is 0 Å². The van der Waals surface area contributed by atoms with E-state index in [1.807, 2.05) is 18.2 Å². The van der Waals surface area contributed by atoms with Crippen LogP contribution in [0.25, 0.3) is 0 Å². The van der Waals surface area contributed by atoms with E-state index < -0.39 is 0 Å². The Morgan fingerprint density at radius 3 is 2.64 bits per heavy atom. The molecule has 1 aromatic carbocycles. The fraction of sp³-hybridized carbons (Fsp3) is 0.500. The van der Waals surface area contributed by atoms with Gasteiger partial charge in [0, 0.05) is 26.8 Å². The molecule has 2 N–H and O–H groups in total. The largest absolute Gasteiger partial charge is 0.492 e. The number of nitrogens with one attached hydrogen (secondary N) is 2. The first-order valence-electron chi connectivity index (χ1n) is 6.79. The highest BCUT2D eigenvalue weighted by Gasteiger charge is 2.13. The summed E-state index contributed by atoms with van der Waals surface area (Å²) in [5.74, 6) is 2.95. The van der Waals surface area contributed by atoms with Crippen LogP contribution in [-0.4, -0.2) is 53.2 Å². The van der Waals surface area contributed by atoms with Crippen molar-refractivity contribution in [3.8, 4) is 17.2 Å². The van der Waals surface area contributed by atoms with Crippen LogP contribution in [0.4, 0.5) is 0 Å². The first kappa shape index (κ1) is 18.6. The molecule has 124 valence electrons. The van der Waals surface area contributed by atoms with E-state index in [0.717, 1.165) is 23.2 Å². The summed E-state index contributed by atoms with van der Waals surface area (Å²) in [7, 11) is 3.39. The maximum Gasteiger partial charge on any atom is 0.231 e. The third kappa shape index (κ3) is 5.76. The Hall–Kier alpha value is -1.42. The van der Waals surface area contributed by atoms with Crippen molar-refractivity contribution in [2.75, 3.05) is 47.3 Å². The normalized spacial score (nSPS) is 12.5. The zero-order valence-corrected chi connectivity index (χ0v) is 15.1. The number of nitrogens with zero attached hydrogens (tertiary/aromatic N) is 1. The molecule has 0 atom stereocenters. The number of aliphatic imine (C=N–C) groups is 1. The second kappa shape index (κ2) is 10.3. The molecule has 2 rings (SSSR count). The van der Waals surface area contributed by atoms with E-state index in [0.29, 0.717) is 26.3 Å². The minimum Gasteiger partial charge on any atom is -0.492 e. The van der Waals surface area contributed by atoms with Crippen LogP contribution < -0.4 is 24.8 Å². The molecular weight excluding hydrogens is 401 g/mol. The van der Waals surface area contributed by atoms with E-state index in [9.17, 15) is 0 Å². The second-order valence-corrected chi connectivity index (χ2v) is 4.28. The van der Waals surface area contributed by atoms with Gasteiger partial charge in [-0.1, -0.05) is 0 Å². The smallest absolute Gasteiger partial charge is 0.231 e. The molecule has 0 saturated heterocycles. The average molecular weight is 423 g/mol. The van der Waals surface area contributed by atoms with E-state index in [-0.39, 0.29) is 30.8 Å². The third-order valence-electron chi connectivity index (χ3n) is 2.83. The fourth-order valence-corrected chi connectivity index (χ4v) is 1.80. The van der Waals surface area contributed by atoms with Gasteiger partial charge in [0.15, 0.2) is 17.5 Å². The molecule has 0 aliphatic carbocycles. The highest BCUT2D eigenvalue weighted by Crippen LogP contribution is 2.34. The zero-order valence-electron chi connectivity index (χ0n) is 12.8. The number of fused-ring (bicyclic) bond motifs is 1. The van der Waals surface area contributed by atoms with Gasteiger partial charge in [-0.05, 0) is 12.1 Å². The number of hydrogen-bond donors (Lipinski definition) is 2. The van der Waals surface area contributed by atoms with Crippen molar-refractivity contribution in [3.63, 3.8) is 0 Å². The van der Waals surface area contributed by atoms with Gasteiger partial charge in [0.2, 0.25) is 6.79 Å². The Morgan fingerprint density at radius 1 is 1.18 bits per heavy atom. The predicted molar refractivity (Wildman–Crippen MR) is 94.7 cm³/mol. The minimum absolute atomic E-state index is 0. The summed E-state index contributed by atoms with van der Waals surface area (Å²) in [4.78, 5) is 4.10. The number of ether oxygens (including phenoxy) is 4. The molecule has 8 heteroatoms. The third-order valence-corrected chi connectivity index (χ3v) is 2.83. The summed E-state index contributed by atoms with van der Waals surface area (Å²) in [6.45, 7) is 2.77. The summed E-state index contributed by atoms with van der Waals surface area (Å²) in [6.07, 6.45) is 0. The van der Waals surface area contributed by atoms with Crippen LogP contribution in [0.15, 0.2) is 23.2 Å². The summed E-state index contributed by atoms with van der Waals surface area (Å²) in [5, 5.41) is 6.28. The molecule has 0 fully saturated rings. The highest BCUT2D eigenvalue weighted by atomic mass is 127. The van der Waals surface area contributed by atoms with Gasteiger partial charge < -0.3 is 29.6 Å². The lowest BCUT2D eigenvalue weighted by atomic mass is 10.3. The second-order valence-electron chi connectivity index (χ2n) is 4.28. The predicted octanol–water partition coefficient (Wildman–Crippen LogP) is 1.22. The number of rotatable bonds is 7. The van der Waals surface area contributed by atoms with Crippen molar-refractivity contribution in [2.24, 2.45) is 4.99 Å². The summed E-state index contributed by atoms with van der Waals surface area (Å²) >= 11 is 0. The quantitative estimate of drug-likeness (QED) is 0.298. The Labute approximate surface area is 147 Å². The first-order chi connectivity index (χ1) is 10.3. The van der Waals surface area contributed by atoms with Crippen LogP contribution in [0.1, 0.15) is 0 Å². The van der Waals surface area contributed by atoms with Crippen LogP contribution in [0, 0.1) is 0 Å². The topological polar surface area (TPSA) is 73.3 Å². The van der Waals surface area contributed by atoms with Crippen LogP contribution >= 0.6 is 24.0 Å². The molecule has 0 unspecified atom stereocenters. The molecule has 1 aromatic rings. The Kier molecular flexibility index (Phi) is 8.75. The van der Waals surface area contributed by atoms with Crippen molar-refractivity contribution in [2.45, 2.75) is 0 Å². The lowest BCUT2D eigenvalue weighted by molar-refractivity contribution is 0.173. The molecule has 0 radical (unpaired) electrons. The van der Waals surface area contributed by atoms with E-state index in [1.165, 1.54) is 0 Å². The Balaban J connectivity index is 0.00000242. The molecule has 0 saturated carbocycles. The van der Waals surface area contributed by atoms with Gasteiger partial charge in [0.05, 0.1) is 13.2 Å². The van der Waals surface area contributed by atoms with Crippen LogP contribution in [0.2, 0.25) is 0 Å². The first-order valence-corrected chi connectivity index (χ1v) is 6.79. The maximum absolute atomic E-state index is 5.65. The minimum atomic E-state index is 0. The van der Waals surface area contributed by atoms with E-state index in [1.54, 1.807) is 14.2 Å². The summed E-state index contributed by atoms with van der Waals surface area (Å²) < 4.78 is 21.2. The zero-order chi connectivity index (χ0) is 14.9. The molecule has 0 spiro atoms. The number of halogens is 1. The summed E-state index contributed by atoms with van der Waals surface area (Å²) in [5.41, 5.74) is 0. The fourth-order valence-electron chi connectivity index (χ4n) is 1.80. The molecule has 0 aromatic heterocycles. The van der Waals surface area contributed by atoms with Gasteiger partial charge in [0.25, 0.3) is 0 Å². The molecule has 1 aliphatic rings. The van der Waals surface area contributed by atoms with E-state index >= 15 is 0 Å². The number of methoxy groups -OCH3 is 1. The lowest BCUT2D eigenvalue weighted by Gasteiger charge is -2.12. The molecule has 7 nitrogen and oxygen atoms in total. The molecule has 0 amide bonds. The highest BCUT2D eigenvalue weighted by molar-refractivity contribution is 14.0. The number of guanidine groups is 1. The number of benzene rings is 1. The number of hydrogen-bond acceptors (Lipinski definition) is 5. The van der Waals surface area contributed by atoms with Crippen LogP contribution in [-0.2, 0) is 4.74 Å². The standard InChI is InChI=1S/C14H21N3O4.HI/c1-15-14(16-5-7-18-2)17-6-8-19-11-3-4-12-13(9-11)21-10-20-12;/h3-4,9H,5-8,10H2,1-2H3,(H2,15,16,17);1H. The van der Waals surface area contributed by atoms with Crippen LogP contribution in [0.5, 0.6) is 17.2 Å². The lowest BCUT2D eigenvalue weighted by Crippen LogP contribution is -2.40. The molecule has 1 aliphatic heterocycles. The Bertz CT molecular complexity index is 485. The molecule has 0 bridgehead atoms. The monoisotopic (exact) mass is 423 g/mol. The Morgan fingerprint density at radius 2 is 1.91 bits per heavy atom. The molecule has 1 heterocycles. The van der Waals surface area contributed by atoms with Gasteiger partial charge in [-0.2, -0.15) is 0 Å². The SMILES string of the molecule is CN=C(NCCOC)NCCOc1ccc2c(c1)OCO2.I. The molecule has 22 heavy (non-hydrogen) atoms. The van der Waals surface area contributed by atoms with Gasteiger partial charge in [-0.15, -0.1) is 24.0 Å². The van der Waals surface area contributed by atoms with Gasteiger partial charge in [-0.25, -0.2) is 0 Å². The maximum atomic E-state index is 5.65. The molecular formula is C14H22IN3O4. The van der Waals surface area contributed by atoms with Crippen molar-refractivity contribution in [1.82, 2.24) is 10.6 Å². The van der Waals surface area contributed by atoms with Gasteiger partial charge >= 0.3 is 0 Å². The van der Waals surface area contributed by atoms with E-state index in [2.05, 4.69) is 15.6 Å².